The van der Waals surface area contributed by atoms with E-state index in [1.165, 1.54) is 21.1 Å². The van der Waals surface area contributed by atoms with Gasteiger partial charge in [0, 0.05) is 17.7 Å². The molecule has 2 nitrogen and oxygen atoms in total. The molecule has 0 aliphatic carbocycles. The minimum Gasteiger partial charge on any atom is -0.407 e. The fourth-order valence-electron chi connectivity index (χ4n) is 2.64. The van der Waals surface area contributed by atoms with Crippen LogP contribution in [0.2, 0.25) is 0 Å². The Morgan fingerprint density at radius 1 is 1.05 bits per heavy atom. The first-order chi connectivity index (χ1) is 9.27. The molecule has 1 aliphatic heterocycles. The van der Waals surface area contributed by atoms with Crippen LogP contribution in [0.4, 0.5) is 0 Å². The smallest absolute Gasteiger partial charge is 0.407 e. The molecule has 0 aromatic heterocycles. The van der Waals surface area contributed by atoms with E-state index < -0.39 is 0 Å². The molecule has 1 saturated heterocycles. The predicted molar refractivity (Wildman–Crippen MR) is 84.0 cm³/mol. The molecule has 1 heterocycles. The largest absolute Gasteiger partial charge is 0.494 e. The first-order valence-electron chi connectivity index (χ1n) is 7.31. The zero-order chi connectivity index (χ0) is 13.7. The van der Waals surface area contributed by atoms with Crippen LogP contribution in [-0.2, 0) is 22.2 Å². The Hall–Kier alpha value is -0.315. The average Bonchev–Trinajstić information content (AvgIpc) is 2.44. The molecule has 2 rings (SSSR count). The van der Waals surface area contributed by atoms with Crippen molar-refractivity contribution >= 4 is 28.5 Å². The van der Waals surface area contributed by atoms with E-state index >= 15 is 0 Å². The van der Waals surface area contributed by atoms with Gasteiger partial charge in [0.15, 0.2) is 0 Å². The van der Waals surface area contributed by atoms with Gasteiger partial charge >= 0.3 is 7.12 Å². The molecule has 1 fully saturated rings. The third kappa shape index (κ3) is 3.62. The van der Waals surface area contributed by atoms with Gasteiger partial charge in [0.2, 0.25) is 0 Å². The Labute approximate surface area is 125 Å². The summed E-state index contributed by atoms with van der Waals surface area (Å²) in [4.78, 5) is 0. The molecule has 0 unspecified atom stereocenters. The minimum atomic E-state index is -0.168. The molecule has 0 saturated carbocycles. The molecule has 1 aliphatic rings. The van der Waals surface area contributed by atoms with Gasteiger partial charge in [-0.2, -0.15) is 0 Å². The van der Waals surface area contributed by atoms with Gasteiger partial charge in [0.05, 0.1) is 0 Å². The molecule has 4 heteroatoms. The van der Waals surface area contributed by atoms with Gasteiger partial charge in [-0.3, -0.25) is 0 Å². The molecule has 0 amide bonds. The Morgan fingerprint density at radius 3 is 2.32 bits per heavy atom. The number of rotatable bonds is 5. The van der Waals surface area contributed by atoms with Crippen molar-refractivity contribution in [3.05, 3.63) is 27.7 Å². The Morgan fingerprint density at radius 2 is 1.68 bits per heavy atom. The first kappa shape index (κ1) is 15.1. The Bertz CT molecular complexity index is 417. The number of hydrogen-bond donors (Lipinski definition) is 0. The van der Waals surface area contributed by atoms with Crippen LogP contribution < -0.4 is 5.46 Å². The second-order valence-corrected chi connectivity index (χ2v) is 5.88. The fourth-order valence-corrected chi connectivity index (χ4v) is 3.21. The maximum Gasteiger partial charge on any atom is 0.494 e. The first-order valence-corrected chi connectivity index (χ1v) is 8.10. The van der Waals surface area contributed by atoms with Gasteiger partial charge in [-0.05, 0) is 41.9 Å². The summed E-state index contributed by atoms with van der Waals surface area (Å²) in [5.74, 6) is 0. The molecule has 0 atom stereocenters. The van der Waals surface area contributed by atoms with Gasteiger partial charge < -0.3 is 9.31 Å². The quantitative estimate of drug-likeness (QED) is 0.772. The number of halogens is 1. The van der Waals surface area contributed by atoms with E-state index in [2.05, 4.69) is 41.9 Å². The lowest BCUT2D eigenvalue weighted by Crippen LogP contribution is -2.43. The molecule has 104 valence electrons. The Balaban J connectivity index is 2.37. The lowest BCUT2D eigenvalue weighted by atomic mass is 9.72. The molecule has 0 bridgehead atoms. The highest BCUT2D eigenvalue weighted by Crippen LogP contribution is 2.23. The summed E-state index contributed by atoms with van der Waals surface area (Å²) in [7, 11) is -0.168. The Kier molecular flexibility index (Phi) is 5.92. The maximum atomic E-state index is 5.79. The van der Waals surface area contributed by atoms with Crippen molar-refractivity contribution in [2.24, 2.45) is 0 Å². The van der Waals surface area contributed by atoms with Crippen LogP contribution in [0, 0.1) is 0 Å². The normalized spacial score (nSPS) is 15.8. The lowest BCUT2D eigenvalue weighted by Gasteiger charge is -2.24. The van der Waals surface area contributed by atoms with Crippen molar-refractivity contribution in [2.75, 3.05) is 13.2 Å². The third-order valence-electron chi connectivity index (χ3n) is 3.49. The van der Waals surface area contributed by atoms with E-state index in [4.69, 9.17) is 9.31 Å². The predicted octanol–water partition coefficient (Wildman–Crippen LogP) is 3.49. The summed E-state index contributed by atoms with van der Waals surface area (Å²) < 4.78 is 12.8. The minimum absolute atomic E-state index is 0.168. The maximum absolute atomic E-state index is 5.79. The summed E-state index contributed by atoms with van der Waals surface area (Å²) in [5.41, 5.74) is 4.08. The van der Waals surface area contributed by atoms with Crippen LogP contribution in [0.25, 0.3) is 0 Å². The molecule has 1 aromatic carbocycles. The highest BCUT2D eigenvalue weighted by Gasteiger charge is 2.28. The van der Waals surface area contributed by atoms with Crippen molar-refractivity contribution in [3.63, 3.8) is 0 Å². The molecule has 1 aromatic rings. The van der Waals surface area contributed by atoms with Crippen molar-refractivity contribution in [3.8, 4) is 0 Å². The third-order valence-corrected chi connectivity index (χ3v) is 4.23. The molecule has 0 radical (unpaired) electrons. The van der Waals surface area contributed by atoms with Gasteiger partial charge in [0.25, 0.3) is 0 Å². The SMILES string of the molecule is CCCc1c(Br)ccc(B2OCCCO2)c1CCC. The van der Waals surface area contributed by atoms with E-state index in [1.54, 1.807) is 0 Å². The molecular weight excluding hydrogens is 303 g/mol. The standard InChI is InChI=1S/C15H22BBrO2/c1-3-6-12-13(7-4-2)15(17)9-8-14(12)16-18-10-5-11-19-16/h8-9H,3-7,10-11H2,1-2H3. The number of benzene rings is 1. The fraction of sp³-hybridized carbons (Fsp3) is 0.600. The summed E-state index contributed by atoms with van der Waals surface area (Å²) >= 11 is 3.69. The van der Waals surface area contributed by atoms with E-state index in [9.17, 15) is 0 Å². The lowest BCUT2D eigenvalue weighted by molar-refractivity contribution is 0.143. The van der Waals surface area contributed by atoms with Gasteiger partial charge in [0.1, 0.15) is 0 Å². The van der Waals surface area contributed by atoms with Crippen molar-refractivity contribution in [1.82, 2.24) is 0 Å². The number of hydrogen-bond acceptors (Lipinski definition) is 2. The summed E-state index contributed by atoms with van der Waals surface area (Å²) in [6, 6.07) is 4.30. The van der Waals surface area contributed by atoms with Crippen LogP contribution in [-0.4, -0.2) is 20.3 Å². The highest BCUT2D eigenvalue weighted by atomic mass is 79.9. The monoisotopic (exact) mass is 324 g/mol. The zero-order valence-electron chi connectivity index (χ0n) is 11.9. The molecule has 0 spiro atoms. The van der Waals surface area contributed by atoms with Crippen molar-refractivity contribution in [2.45, 2.75) is 46.0 Å². The van der Waals surface area contributed by atoms with Crippen LogP contribution >= 0.6 is 15.9 Å². The second-order valence-electron chi connectivity index (χ2n) is 5.02. The average molecular weight is 325 g/mol. The summed E-state index contributed by atoms with van der Waals surface area (Å²) in [6.45, 7) is 6.05. The summed E-state index contributed by atoms with van der Waals surface area (Å²) in [6.07, 6.45) is 5.50. The summed E-state index contributed by atoms with van der Waals surface area (Å²) in [5, 5.41) is 0. The zero-order valence-corrected chi connectivity index (χ0v) is 13.5. The van der Waals surface area contributed by atoms with Crippen molar-refractivity contribution in [1.29, 1.82) is 0 Å². The molecular formula is C15H22BBrO2. The topological polar surface area (TPSA) is 18.5 Å². The second kappa shape index (κ2) is 7.46. The van der Waals surface area contributed by atoms with Crippen LogP contribution in [0.5, 0.6) is 0 Å². The van der Waals surface area contributed by atoms with Gasteiger partial charge in [-0.15, -0.1) is 0 Å². The van der Waals surface area contributed by atoms with E-state index in [-0.39, 0.29) is 7.12 Å². The van der Waals surface area contributed by atoms with Crippen LogP contribution in [0.1, 0.15) is 44.2 Å². The highest BCUT2D eigenvalue weighted by molar-refractivity contribution is 9.10. The molecule has 0 N–H and O–H groups in total. The van der Waals surface area contributed by atoms with E-state index in [1.807, 2.05) is 0 Å². The molecule has 19 heavy (non-hydrogen) atoms. The van der Waals surface area contributed by atoms with Crippen LogP contribution in [0.3, 0.4) is 0 Å². The van der Waals surface area contributed by atoms with Gasteiger partial charge in [-0.1, -0.05) is 48.7 Å². The van der Waals surface area contributed by atoms with Crippen molar-refractivity contribution < 1.29 is 9.31 Å². The van der Waals surface area contributed by atoms with Gasteiger partial charge in [-0.25, -0.2) is 0 Å². The van der Waals surface area contributed by atoms with E-state index in [0.29, 0.717) is 0 Å². The van der Waals surface area contributed by atoms with E-state index in [0.717, 1.165) is 45.3 Å². The van der Waals surface area contributed by atoms with Crippen LogP contribution in [0.15, 0.2) is 16.6 Å².